The highest BCUT2D eigenvalue weighted by atomic mass is 32.2. The number of methoxy groups -OCH3 is 1. The molecule has 0 amide bonds. The quantitative estimate of drug-likeness (QED) is 0.191. The van der Waals surface area contributed by atoms with E-state index in [0.29, 0.717) is 0 Å². The van der Waals surface area contributed by atoms with Crippen LogP contribution in [-0.2, 0) is 6.42 Å². The number of hydrogen-bond donors (Lipinski definition) is 0. The van der Waals surface area contributed by atoms with E-state index in [1.165, 1.54) is 16.0 Å². The Balaban J connectivity index is -0.0000000380. The fourth-order valence-corrected chi connectivity index (χ4v) is 2.79. The lowest BCUT2D eigenvalue weighted by Crippen LogP contribution is -1.78. The molecule has 0 fully saturated rings. The maximum Gasteiger partial charge on any atom is 0.118 e. The molecular weight excluding hydrogens is 685 g/mol. The molecule has 0 N–H and O–H groups in total. The van der Waals surface area contributed by atoms with Gasteiger partial charge in [0.15, 0.2) is 0 Å². The van der Waals surface area contributed by atoms with Crippen LogP contribution in [-0.4, -0.2) is 13.4 Å². The highest BCUT2D eigenvalue weighted by Crippen LogP contribution is 2.11. The average molecular weight is 791 g/mol. The van der Waals surface area contributed by atoms with Gasteiger partial charge in [-0.15, -0.1) is 11.8 Å². The van der Waals surface area contributed by atoms with E-state index in [-0.39, 0.29) is 0 Å². The smallest absolute Gasteiger partial charge is 0.118 e. The third-order valence-corrected chi connectivity index (χ3v) is 4.89. The summed E-state index contributed by atoms with van der Waals surface area (Å²) >= 11 is 1.77. The van der Waals surface area contributed by atoms with Crippen LogP contribution in [0.1, 0.15) is 184 Å². The minimum atomic E-state index is 0.910. The summed E-state index contributed by atoms with van der Waals surface area (Å²) in [5, 5.41) is 0. The van der Waals surface area contributed by atoms with Gasteiger partial charge in [-0.1, -0.05) is 276 Å². The molecule has 4 aromatic carbocycles. The van der Waals surface area contributed by atoms with Crippen molar-refractivity contribution in [1.82, 2.24) is 0 Å². The first-order valence-corrected chi connectivity index (χ1v) is 23.7. The molecule has 0 saturated heterocycles. The SMILES string of the molecule is CC.CC.CC.CC.CC.CC.CC.CC.CC.CC.CC.CC.CCc1ccccc1.COc1ccccc1.CSc1ccccc1.Cc1ccccc1. The van der Waals surface area contributed by atoms with Crippen molar-refractivity contribution in [1.29, 1.82) is 0 Å². The summed E-state index contributed by atoms with van der Waals surface area (Å²) in [6, 6.07) is 40.7. The van der Waals surface area contributed by atoms with Crippen LogP contribution in [0.4, 0.5) is 0 Å². The number of hydrogen-bond acceptors (Lipinski definition) is 2. The van der Waals surface area contributed by atoms with Gasteiger partial charge in [0.2, 0.25) is 0 Å². The third kappa shape index (κ3) is 100.0. The topological polar surface area (TPSA) is 9.23 Å². The second kappa shape index (κ2) is 125. The summed E-state index contributed by atoms with van der Waals surface area (Å²) in [4.78, 5) is 1.33. The van der Waals surface area contributed by atoms with E-state index in [2.05, 4.69) is 68.6 Å². The Morgan fingerprint density at radius 2 is 0.600 bits per heavy atom. The van der Waals surface area contributed by atoms with Gasteiger partial charge in [-0.05, 0) is 49.4 Å². The van der Waals surface area contributed by atoms with Gasteiger partial charge in [-0.2, -0.15) is 0 Å². The Morgan fingerprint density at radius 1 is 0.364 bits per heavy atom. The Morgan fingerprint density at radius 3 is 0.745 bits per heavy atom. The molecule has 0 heterocycles. The molecular formula is C53H106OS. The summed E-state index contributed by atoms with van der Waals surface area (Å²) in [6.45, 7) is 52.2. The fourth-order valence-electron chi connectivity index (χ4n) is 2.36. The summed E-state index contributed by atoms with van der Waals surface area (Å²) in [5.74, 6) is 0.910. The second-order valence-corrected chi connectivity index (χ2v) is 7.41. The van der Waals surface area contributed by atoms with E-state index in [4.69, 9.17) is 4.74 Å². The summed E-state index contributed by atoms with van der Waals surface area (Å²) in [7, 11) is 1.66. The lowest BCUT2D eigenvalue weighted by molar-refractivity contribution is 0.415. The summed E-state index contributed by atoms with van der Waals surface area (Å²) in [5.41, 5.74) is 2.73. The molecule has 4 rings (SSSR count). The molecule has 0 radical (unpaired) electrons. The van der Waals surface area contributed by atoms with E-state index >= 15 is 0 Å². The highest BCUT2D eigenvalue weighted by Gasteiger charge is 1.81. The largest absolute Gasteiger partial charge is 0.497 e. The van der Waals surface area contributed by atoms with Gasteiger partial charge >= 0.3 is 0 Å². The predicted octanol–water partition coefficient (Wildman–Crippen LogP) is 20.7. The van der Waals surface area contributed by atoms with E-state index in [1.54, 1.807) is 18.9 Å². The predicted molar refractivity (Wildman–Crippen MR) is 274 cm³/mol. The van der Waals surface area contributed by atoms with Crippen LogP contribution >= 0.6 is 11.8 Å². The lowest BCUT2D eigenvalue weighted by Gasteiger charge is -1.93. The number of thioether (sulfide) groups is 1. The van der Waals surface area contributed by atoms with Crippen LogP contribution < -0.4 is 4.74 Å². The lowest BCUT2D eigenvalue weighted by atomic mass is 10.2. The van der Waals surface area contributed by atoms with E-state index in [0.717, 1.165) is 12.2 Å². The van der Waals surface area contributed by atoms with Gasteiger partial charge < -0.3 is 4.74 Å². The third-order valence-electron chi connectivity index (χ3n) is 4.15. The van der Waals surface area contributed by atoms with Crippen molar-refractivity contribution in [2.45, 2.75) is 191 Å². The number of rotatable bonds is 3. The van der Waals surface area contributed by atoms with E-state index in [1.807, 2.05) is 239 Å². The van der Waals surface area contributed by atoms with Crippen molar-refractivity contribution >= 4 is 11.8 Å². The second-order valence-electron chi connectivity index (χ2n) is 6.53. The van der Waals surface area contributed by atoms with Crippen LogP contribution in [0.3, 0.4) is 0 Å². The molecule has 0 aliphatic rings. The number of ether oxygens (including phenoxy) is 1. The molecule has 0 aliphatic heterocycles. The van der Waals surface area contributed by atoms with Crippen molar-refractivity contribution in [3.63, 3.8) is 0 Å². The van der Waals surface area contributed by atoms with Crippen molar-refractivity contribution < 1.29 is 4.74 Å². The Hall–Kier alpha value is -2.97. The molecule has 0 aromatic heterocycles. The number of benzene rings is 4. The first kappa shape index (κ1) is 84.6. The fraction of sp³-hybridized carbons (Fsp3) is 0.547. The Bertz CT molecular complexity index is 787. The van der Waals surface area contributed by atoms with Gasteiger partial charge in [0.25, 0.3) is 0 Å². The first-order chi connectivity index (χ1) is 27.2. The molecule has 4 aromatic rings. The van der Waals surface area contributed by atoms with Crippen LogP contribution in [0, 0.1) is 6.92 Å². The average Bonchev–Trinajstić information content (AvgIpc) is 3.36. The molecule has 0 spiro atoms. The molecule has 1 nitrogen and oxygen atoms in total. The van der Waals surface area contributed by atoms with Gasteiger partial charge in [-0.3, -0.25) is 0 Å². The van der Waals surface area contributed by atoms with Crippen molar-refractivity contribution in [2.24, 2.45) is 0 Å². The molecule has 330 valence electrons. The molecule has 0 saturated carbocycles. The molecule has 0 bridgehead atoms. The Labute approximate surface area is 358 Å². The molecule has 2 heteroatoms. The van der Waals surface area contributed by atoms with Gasteiger partial charge in [-0.25, -0.2) is 0 Å². The van der Waals surface area contributed by atoms with Crippen LogP contribution in [0.15, 0.2) is 126 Å². The first-order valence-electron chi connectivity index (χ1n) is 22.4. The molecule has 55 heavy (non-hydrogen) atoms. The minimum absolute atomic E-state index is 0.910. The Kier molecular flexibility index (Phi) is 191. The van der Waals surface area contributed by atoms with Crippen molar-refractivity contribution in [3.05, 3.63) is 132 Å². The van der Waals surface area contributed by atoms with Crippen molar-refractivity contribution in [3.8, 4) is 5.75 Å². The summed E-state index contributed by atoms with van der Waals surface area (Å²) in [6.07, 6.45) is 3.22. The zero-order valence-electron chi connectivity index (χ0n) is 43.1. The van der Waals surface area contributed by atoms with Crippen LogP contribution in [0.2, 0.25) is 0 Å². The monoisotopic (exact) mass is 791 g/mol. The summed E-state index contributed by atoms with van der Waals surface area (Å²) < 4.78 is 4.91. The number of aryl methyl sites for hydroxylation is 2. The van der Waals surface area contributed by atoms with E-state index < -0.39 is 0 Å². The standard InChI is InChI=1S/C8H10.C7H8O.C7H8S.C7H8.12C2H6/c1-2-8-6-4-3-5-7-8;2*1-8-7-5-3-2-4-6-7;1-7-5-3-2-4-6-7;12*1-2/h3-7H,2H2,1H3;2*2-6H,1H3;2-6H,1H3;12*1-2H3. The van der Waals surface area contributed by atoms with E-state index in [9.17, 15) is 0 Å². The normalized spacial score (nSPS) is 6.33. The molecule has 0 aliphatic carbocycles. The van der Waals surface area contributed by atoms with Crippen LogP contribution in [0.5, 0.6) is 5.75 Å². The maximum absolute atomic E-state index is 4.91. The zero-order chi connectivity index (χ0) is 46.6. The van der Waals surface area contributed by atoms with Gasteiger partial charge in [0, 0.05) is 4.90 Å². The van der Waals surface area contributed by atoms with Crippen molar-refractivity contribution in [2.75, 3.05) is 13.4 Å². The van der Waals surface area contributed by atoms with Gasteiger partial charge in [0.1, 0.15) is 5.75 Å². The van der Waals surface area contributed by atoms with Gasteiger partial charge in [0.05, 0.1) is 7.11 Å². The number of para-hydroxylation sites is 1. The highest BCUT2D eigenvalue weighted by molar-refractivity contribution is 7.98. The van der Waals surface area contributed by atoms with Crippen LogP contribution in [0.25, 0.3) is 0 Å². The minimum Gasteiger partial charge on any atom is -0.497 e. The zero-order valence-corrected chi connectivity index (χ0v) is 43.9. The molecule has 0 unspecified atom stereocenters. The maximum atomic E-state index is 4.91. The molecule has 0 atom stereocenters.